The zero-order valence-electron chi connectivity index (χ0n) is 21.9. The van der Waals surface area contributed by atoms with Crippen LogP contribution in [0, 0.1) is 0 Å². The number of unbranched alkanes of at least 4 members (excludes halogenated alkanes) is 12. The Bertz CT molecular complexity index is 997. The highest BCUT2D eigenvalue weighted by Crippen LogP contribution is 2.24. The van der Waals surface area contributed by atoms with Crippen molar-refractivity contribution >= 4 is 45.6 Å². The Morgan fingerprint density at radius 2 is 1.49 bits per heavy atom. The normalized spacial score (nSPS) is 11.1. The van der Waals surface area contributed by atoms with Crippen LogP contribution >= 0.6 is 27.5 Å². The molecule has 0 saturated heterocycles. The number of carbonyl (C=O) groups is 2. The molecule has 2 rings (SSSR count). The quantitative estimate of drug-likeness (QED) is 0.0617. The van der Waals surface area contributed by atoms with Gasteiger partial charge in [-0.25, -0.2) is 10.2 Å². The highest BCUT2D eigenvalue weighted by molar-refractivity contribution is 9.10. The third-order valence-corrected chi connectivity index (χ3v) is 6.99. The maximum atomic E-state index is 12.5. The van der Waals surface area contributed by atoms with E-state index in [-0.39, 0.29) is 11.5 Å². The molecule has 202 valence electrons. The average Bonchev–Trinajstić information content (AvgIpc) is 2.88. The Kier molecular flexibility index (Phi) is 15.9. The molecule has 0 unspecified atom stereocenters. The van der Waals surface area contributed by atoms with E-state index in [0.29, 0.717) is 22.8 Å². The van der Waals surface area contributed by atoms with Crippen molar-refractivity contribution in [3.05, 3.63) is 63.1 Å². The molecule has 1 amide bonds. The molecule has 0 radical (unpaired) electrons. The minimum absolute atomic E-state index is 0.121. The summed E-state index contributed by atoms with van der Waals surface area (Å²) in [6, 6.07) is 11.9. The van der Waals surface area contributed by atoms with E-state index in [1.54, 1.807) is 42.5 Å². The number of nitrogens with zero attached hydrogens (tertiary/aromatic N) is 1. The van der Waals surface area contributed by atoms with E-state index in [2.05, 4.69) is 33.4 Å². The number of esters is 1. The summed E-state index contributed by atoms with van der Waals surface area (Å²) in [6.45, 7) is 2.26. The molecule has 2 aromatic carbocycles. The summed E-state index contributed by atoms with van der Waals surface area (Å²) in [6.07, 6.45) is 18.4. The predicted molar refractivity (Wildman–Crippen MR) is 157 cm³/mol. The largest absolute Gasteiger partial charge is 0.422 e. The second-order valence-corrected chi connectivity index (χ2v) is 10.7. The van der Waals surface area contributed by atoms with Crippen molar-refractivity contribution in [3.63, 3.8) is 0 Å². The van der Waals surface area contributed by atoms with Gasteiger partial charge in [-0.2, -0.15) is 5.10 Å². The number of hydrazone groups is 1. The second-order valence-electron chi connectivity index (χ2n) is 9.34. The number of ether oxygens (including phenoxy) is 1. The van der Waals surface area contributed by atoms with Crippen LogP contribution in [0.1, 0.15) is 113 Å². The average molecular weight is 592 g/mol. The van der Waals surface area contributed by atoms with Crippen molar-refractivity contribution in [3.8, 4) is 5.75 Å². The minimum Gasteiger partial charge on any atom is -0.422 e. The van der Waals surface area contributed by atoms with E-state index < -0.39 is 5.97 Å². The van der Waals surface area contributed by atoms with Gasteiger partial charge in [0.15, 0.2) is 0 Å². The molecule has 0 spiro atoms. The molecule has 0 aliphatic heterocycles. The summed E-state index contributed by atoms with van der Waals surface area (Å²) in [5.74, 6) is -0.361. The van der Waals surface area contributed by atoms with E-state index >= 15 is 0 Å². The van der Waals surface area contributed by atoms with Crippen LogP contribution < -0.4 is 10.2 Å². The SMILES string of the molecule is CCCCCCCCCCCCCCCC(=O)NN=Cc1cc(Br)ccc1OC(=O)c1ccccc1Cl. The van der Waals surface area contributed by atoms with Crippen LogP contribution in [0.15, 0.2) is 52.0 Å². The minimum atomic E-state index is -0.561. The fourth-order valence-electron chi connectivity index (χ4n) is 4.03. The third kappa shape index (κ3) is 13.3. The molecule has 37 heavy (non-hydrogen) atoms. The van der Waals surface area contributed by atoms with Gasteiger partial charge in [-0.05, 0) is 36.8 Å². The van der Waals surface area contributed by atoms with Crippen LogP contribution in [0.3, 0.4) is 0 Å². The lowest BCUT2D eigenvalue weighted by molar-refractivity contribution is -0.121. The van der Waals surface area contributed by atoms with E-state index in [1.165, 1.54) is 76.8 Å². The number of carbonyl (C=O) groups excluding carboxylic acids is 2. The predicted octanol–water partition coefficient (Wildman–Crippen LogP) is 9.25. The van der Waals surface area contributed by atoms with Crippen molar-refractivity contribution in [2.24, 2.45) is 5.10 Å². The molecule has 0 heterocycles. The Labute approximate surface area is 235 Å². The number of rotatable bonds is 18. The van der Waals surface area contributed by atoms with Crippen LogP contribution in [0.25, 0.3) is 0 Å². The third-order valence-electron chi connectivity index (χ3n) is 6.17. The van der Waals surface area contributed by atoms with Crippen molar-refractivity contribution in [2.45, 2.75) is 96.8 Å². The van der Waals surface area contributed by atoms with E-state index in [9.17, 15) is 9.59 Å². The smallest absolute Gasteiger partial charge is 0.345 e. The van der Waals surface area contributed by atoms with E-state index in [0.717, 1.165) is 17.3 Å². The van der Waals surface area contributed by atoms with Gasteiger partial charge in [0.25, 0.3) is 0 Å². The molecule has 0 aromatic heterocycles. The highest BCUT2D eigenvalue weighted by atomic mass is 79.9. The first-order valence-electron chi connectivity index (χ1n) is 13.6. The number of amides is 1. The number of hydrogen-bond acceptors (Lipinski definition) is 4. The number of hydrogen-bond donors (Lipinski definition) is 1. The van der Waals surface area contributed by atoms with Gasteiger partial charge in [-0.1, -0.05) is 124 Å². The summed E-state index contributed by atoms with van der Waals surface area (Å²) in [5, 5.41) is 4.38. The lowest BCUT2D eigenvalue weighted by Crippen LogP contribution is -2.17. The molecule has 1 N–H and O–H groups in total. The van der Waals surface area contributed by atoms with E-state index in [4.69, 9.17) is 16.3 Å². The molecule has 0 aliphatic rings. The molecule has 0 bridgehead atoms. The first kappa shape index (κ1) is 31.0. The van der Waals surface area contributed by atoms with Crippen molar-refractivity contribution in [1.29, 1.82) is 0 Å². The molecule has 0 saturated carbocycles. The van der Waals surface area contributed by atoms with E-state index in [1.807, 2.05) is 0 Å². The molecule has 5 nitrogen and oxygen atoms in total. The van der Waals surface area contributed by atoms with Gasteiger partial charge in [0.05, 0.1) is 16.8 Å². The van der Waals surface area contributed by atoms with Gasteiger partial charge in [-0.3, -0.25) is 4.79 Å². The van der Waals surface area contributed by atoms with Gasteiger partial charge < -0.3 is 4.74 Å². The van der Waals surface area contributed by atoms with Crippen LogP contribution in [-0.4, -0.2) is 18.1 Å². The molecule has 0 fully saturated rings. The number of benzene rings is 2. The van der Waals surface area contributed by atoms with Crippen LogP contribution in [-0.2, 0) is 4.79 Å². The lowest BCUT2D eigenvalue weighted by atomic mass is 10.0. The monoisotopic (exact) mass is 590 g/mol. The molecular weight excluding hydrogens is 552 g/mol. The van der Waals surface area contributed by atoms with Gasteiger partial charge >= 0.3 is 5.97 Å². The molecule has 0 aliphatic carbocycles. The summed E-state index contributed by atoms with van der Waals surface area (Å²) in [5.41, 5.74) is 3.40. The Hall–Kier alpha value is -2.18. The van der Waals surface area contributed by atoms with Gasteiger partial charge in [-0.15, -0.1) is 0 Å². The maximum Gasteiger partial charge on any atom is 0.345 e. The van der Waals surface area contributed by atoms with Gasteiger partial charge in [0, 0.05) is 16.5 Å². The Balaban J connectivity index is 1.64. The maximum absolute atomic E-state index is 12.5. The van der Waals surface area contributed by atoms with Crippen molar-refractivity contribution in [1.82, 2.24) is 5.43 Å². The highest BCUT2D eigenvalue weighted by Gasteiger charge is 2.14. The molecule has 0 atom stereocenters. The summed E-state index contributed by atoms with van der Waals surface area (Å²) in [4.78, 5) is 24.7. The standard InChI is InChI=1S/C30H40BrClN2O3/c1-2-3-4-5-6-7-8-9-10-11-12-13-14-19-29(35)34-33-23-24-22-25(31)20-21-28(24)37-30(36)26-17-15-16-18-27(26)32/h15-18,20-23H,2-14,19H2,1H3,(H,34,35). The second kappa shape index (κ2) is 19.0. The zero-order chi connectivity index (χ0) is 26.7. The first-order valence-corrected chi connectivity index (χ1v) is 14.8. The Morgan fingerprint density at radius 3 is 2.11 bits per heavy atom. The summed E-state index contributed by atoms with van der Waals surface area (Å²) < 4.78 is 6.33. The zero-order valence-corrected chi connectivity index (χ0v) is 24.3. The number of halogens is 2. The van der Waals surface area contributed by atoms with Crippen LogP contribution in [0.4, 0.5) is 0 Å². The molecule has 7 heteroatoms. The van der Waals surface area contributed by atoms with Gasteiger partial charge in [0.2, 0.25) is 5.91 Å². The van der Waals surface area contributed by atoms with Crippen LogP contribution in [0.5, 0.6) is 5.75 Å². The lowest BCUT2D eigenvalue weighted by Gasteiger charge is -2.09. The van der Waals surface area contributed by atoms with Crippen molar-refractivity contribution < 1.29 is 14.3 Å². The molecular formula is C30H40BrClN2O3. The number of nitrogens with one attached hydrogen (secondary N) is 1. The fourth-order valence-corrected chi connectivity index (χ4v) is 4.62. The fraction of sp³-hybridized carbons (Fsp3) is 0.500. The topological polar surface area (TPSA) is 67.8 Å². The van der Waals surface area contributed by atoms with Crippen molar-refractivity contribution in [2.75, 3.05) is 0 Å². The summed E-state index contributed by atoms with van der Waals surface area (Å²) >= 11 is 9.51. The Morgan fingerprint density at radius 1 is 0.892 bits per heavy atom. The van der Waals surface area contributed by atoms with Gasteiger partial charge in [0.1, 0.15) is 5.75 Å². The van der Waals surface area contributed by atoms with Crippen LogP contribution in [0.2, 0.25) is 5.02 Å². The first-order chi connectivity index (χ1) is 18.0. The molecule has 2 aromatic rings. The summed E-state index contributed by atoms with van der Waals surface area (Å²) in [7, 11) is 0.